The summed E-state index contributed by atoms with van der Waals surface area (Å²) in [5.41, 5.74) is 2.89. The van der Waals surface area contributed by atoms with Crippen LogP contribution in [0.15, 0.2) is 54.6 Å². The third-order valence-corrected chi connectivity index (χ3v) is 4.68. The van der Waals surface area contributed by atoms with Gasteiger partial charge in [-0.2, -0.15) is 0 Å². The minimum absolute atomic E-state index is 0.0330. The Kier molecular flexibility index (Phi) is 6.44. The van der Waals surface area contributed by atoms with E-state index in [1.54, 1.807) is 0 Å². The van der Waals surface area contributed by atoms with Gasteiger partial charge in [0.15, 0.2) is 0 Å². The van der Waals surface area contributed by atoms with E-state index in [9.17, 15) is 9.59 Å². The maximum absolute atomic E-state index is 12.3. The van der Waals surface area contributed by atoms with E-state index in [0.717, 1.165) is 50.5 Å². The molecule has 0 aliphatic carbocycles. The van der Waals surface area contributed by atoms with Gasteiger partial charge in [-0.3, -0.25) is 9.69 Å². The van der Waals surface area contributed by atoms with Crippen molar-refractivity contribution in [3.8, 4) is 0 Å². The Bertz CT molecular complexity index is 754. The average molecular weight is 366 g/mol. The smallest absolute Gasteiger partial charge is 0.321 e. The summed E-state index contributed by atoms with van der Waals surface area (Å²) < 4.78 is 0. The summed E-state index contributed by atoms with van der Waals surface area (Å²) in [7, 11) is 0. The number of nitrogens with one attached hydrogen (secondary N) is 2. The minimum atomic E-state index is -0.0584. The van der Waals surface area contributed by atoms with Crippen molar-refractivity contribution in [3.63, 3.8) is 0 Å². The van der Waals surface area contributed by atoms with Crippen LogP contribution in [0.5, 0.6) is 0 Å². The molecule has 0 unspecified atom stereocenters. The fourth-order valence-corrected chi connectivity index (χ4v) is 3.14. The lowest BCUT2D eigenvalue weighted by Crippen LogP contribution is -2.50. The molecule has 0 atom stereocenters. The molecule has 0 radical (unpaired) electrons. The molecule has 0 saturated carbocycles. The summed E-state index contributed by atoms with van der Waals surface area (Å²) in [6.07, 6.45) is 0.955. The zero-order valence-electron chi connectivity index (χ0n) is 15.6. The van der Waals surface area contributed by atoms with Crippen LogP contribution in [-0.4, -0.2) is 54.5 Å². The van der Waals surface area contributed by atoms with Gasteiger partial charge < -0.3 is 15.5 Å². The largest absolute Gasteiger partial charge is 0.326 e. The second-order valence-corrected chi connectivity index (χ2v) is 6.75. The van der Waals surface area contributed by atoms with Gasteiger partial charge in [0.1, 0.15) is 0 Å². The number of nitrogens with zero attached hydrogens (tertiary/aromatic N) is 2. The molecule has 6 nitrogen and oxygen atoms in total. The quantitative estimate of drug-likeness (QED) is 0.855. The van der Waals surface area contributed by atoms with E-state index >= 15 is 0 Å². The lowest BCUT2D eigenvalue weighted by molar-refractivity contribution is -0.114. The summed E-state index contributed by atoms with van der Waals surface area (Å²) in [6, 6.07) is 17.5. The fraction of sp³-hybridized carbons (Fsp3) is 0.333. The first kappa shape index (κ1) is 18.9. The van der Waals surface area contributed by atoms with Crippen molar-refractivity contribution in [3.05, 3.63) is 60.2 Å². The van der Waals surface area contributed by atoms with Crippen molar-refractivity contribution >= 4 is 23.3 Å². The summed E-state index contributed by atoms with van der Waals surface area (Å²) >= 11 is 0. The molecule has 6 heteroatoms. The number of piperazine rings is 1. The Hall–Kier alpha value is -2.86. The van der Waals surface area contributed by atoms with Crippen molar-refractivity contribution in [2.75, 3.05) is 43.4 Å². The van der Waals surface area contributed by atoms with Crippen LogP contribution in [-0.2, 0) is 11.2 Å². The van der Waals surface area contributed by atoms with Crippen LogP contribution in [0.2, 0.25) is 0 Å². The molecule has 0 bridgehead atoms. The highest BCUT2D eigenvalue weighted by Gasteiger charge is 2.20. The molecule has 2 N–H and O–H groups in total. The van der Waals surface area contributed by atoms with Crippen molar-refractivity contribution in [2.24, 2.45) is 0 Å². The summed E-state index contributed by atoms with van der Waals surface area (Å²) in [4.78, 5) is 27.6. The van der Waals surface area contributed by atoms with Crippen LogP contribution >= 0.6 is 0 Å². The molecular formula is C21H26N4O2. The second-order valence-electron chi connectivity index (χ2n) is 6.75. The lowest BCUT2D eigenvalue weighted by Gasteiger charge is -2.34. The lowest BCUT2D eigenvalue weighted by atomic mass is 10.1. The van der Waals surface area contributed by atoms with Gasteiger partial charge in [-0.25, -0.2) is 4.79 Å². The van der Waals surface area contributed by atoms with Crippen molar-refractivity contribution in [2.45, 2.75) is 13.3 Å². The minimum Gasteiger partial charge on any atom is -0.326 e. The predicted molar refractivity (Wildman–Crippen MR) is 108 cm³/mol. The van der Waals surface area contributed by atoms with E-state index in [0.29, 0.717) is 0 Å². The maximum atomic E-state index is 12.3. The van der Waals surface area contributed by atoms with E-state index in [2.05, 4.69) is 27.7 Å². The summed E-state index contributed by atoms with van der Waals surface area (Å²) in [5.74, 6) is -0.0584. The van der Waals surface area contributed by atoms with Crippen LogP contribution in [0.4, 0.5) is 16.2 Å². The molecule has 0 aromatic heterocycles. The molecule has 142 valence electrons. The van der Waals surface area contributed by atoms with E-state index in [4.69, 9.17) is 0 Å². The topological polar surface area (TPSA) is 64.7 Å². The molecular weight excluding hydrogens is 340 g/mol. The number of rotatable bonds is 5. The van der Waals surface area contributed by atoms with Gasteiger partial charge in [-0.15, -0.1) is 0 Å². The van der Waals surface area contributed by atoms with Gasteiger partial charge in [0.2, 0.25) is 5.91 Å². The van der Waals surface area contributed by atoms with Gasteiger partial charge in [-0.05, 0) is 36.2 Å². The van der Waals surface area contributed by atoms with Crippen LogP contribution in [0.25, 0.3) is 0 Å². The first-order valence-electron chi connectivity index (χ1n) is 9.30. The Morgan fingerprint density at radius 1 is 0.852 bits per heavy atom. The van der Waals surface area contributed by atoms with Crippen LogP contribution in [0.1, 0.15) is 12.5 Å². The Balaban J connectivity index is 1.40. The monoisotopic (exact) mass is 366 g/mol. The summed E-state index contributed by atoms with van der Waals surface area (Å²) in [5, 5.41) is 5.72. The van der Waals surface area contributed by atoms with Gasteiger partial charge in [0.25, 0.3) is 0 Å². The van der Waals surface area contributed by atoms with E-state index in [-0.39, 0.29) is 11.9 Å². The highest BCUT2D eigenvalue weighted by Crippen LogP contribution is 2.12. The number of carbonyl (C=O) groups excluding carboxylic acids is 2. The van der Waals surface area contributed by atoms with Crippen LogP contribution in [0.3, 0.4) is 0 Å². The zero-order valence-corrected chi connectivity index (χ0v) is 15.6. The number of hydrogen-bond donors (Lipinski definition) is 2. The maximum Gasteiger partial charge on any atom is 0.321 e. The molecule has 27 heavy (non-hydrogen) atoms. The average Bonchev–Trinajstić information content (AvgIpc) is 2.68. The standard InChI is InChI=1S/C21H26N4O2/c1-17(26)22-20-9-7-18(8-10-20)11-12-24-13-15-25(16-14-24)21(27)23-19-5-3-2-4-6-19/h2-10H,11-16H2,1H3,(H,22,26)(H,23,27). The third kappa shape index (κ3) is 5.82. The number of benzene rings is 2. The van der Waals surface area contributed by atoms with Crippen LogP contribution in [0, 0.1) is 0 Å². The number of amides is 3. The first-order chi connectivity index (χ1) is 13.1. The third-order valence-electron chi connectivity index (χ3n) is 4.68. The van der Waals surface area contributed by atoms with E-state index in [1.165, 1.54) is 12.5 Å². The fourth-order valence-electron chi connectivity index (χ4n) is 3.14. The molecule has 1 heterocycles. The molecule has 1 fully saturated rings. The SMILES string of the molecule is CC(=O)Nc1ccc(CCN2CCN(C(=O)Nc3ccccc3)CC2)cc1. The van der Waals surface area contributed by atoms with Crippen molar-refractivity contribution < 1.29 is 9.59 Å². The van der Waals surface area contributed by atoms with Gasteiger partial charge >= 0.3 is 6.03 Å². The number of hydrogen-bond acceptors (Lipinski definition) is 3. The van der Waals surface area contributed by atoms with Crippen molar-refractivity contribution in [1.82, 2.24) is 9.80 Å². The number of carbonyl (C=O) groups is 2. The van der Waals surface area contributed by atoms with Gasteiger partial charge in [-0.1, -0.05) is 30.3 Å². The van der Waals surface area contributed by atoms with Crippen LogP contribution < -0.4 is 10.6 Å². The molecule has 2 aromatic carbocycles. The highest BCUT2D eigenvalue weighted by molar-refractivity contribution is 5.89. The first-order valence-corrected chi connectivity index (χ1v) is 9.30. The molecule has 3 rings (SSSR count). The number of anilines is 2. The Labute approximate surface area is 160 Å². The van der Waals surface area contributed by atoms with Gasteiger partial charge in [0, 0.05) is 51.0 Å². The number of para-hydroxylation sites is 1. The number of urea groups is 1. The molecule has 1 saturated heterocycles. The molecule has 1 aliphatic rings. The Morgan fingerprint density at radius 2 is 1.48 bits per heavy atom. The van der Waals surface area contributed by atoms with Crippen molar-refractivity contribution in [1.29, 1.82) is 0 Å². The molecule has 1 aliphatic heterocycles. The summed E-state index contributed by atoms with van der Waals surface area (Å²) in [6.45, 7) is 5.71. The van der Waals surface area contributed by atoms with Gasteiger partial charge in [0.05, 0.1) is 0 Å². The molecule has 0 spiro atoms. The highest BCUT2D eigenvalue weighted by atomic mass is 16.2. The molecule has 2 aromatic rings. The second kappa shape index (κ2) is 9.19. The Morgan fingerprint density at radius 3 is 2.11 bits per heavy atom. The normalized spacial score (nSPS) is 14.6. The van der Waals surface area contributed by atoms with E-state index in [1.807, 2.05) is 47.4 Å². The zero-order chi connectivity index (χ0) is 19.1. The molecule has 3 amide bonds. The predicted octanol–water partition coefficient (Wildman–Crippen LogP) is 3.04. The van der Waals surface area contributed by atoms with E-state index < -0.39 is 0 Å².